The molecule has 0 radical (unpaired) electrons. The zero-order chi connectivity index (χ0) is 22.4. The van der Waals surface area contributed by atoms with E-state index in [2.05, 4.69) is 17.0 Å². The molecule has 164 valence electrons. The lowest BCUT2D eigenvalue weighted by atomic mass is 9.99. The van der Waals surface area contributed by atoms with Crippen LogP contribution in [-0.4, -0.2) is 43.1 Å². The minimum Gasteiger partial charge on any atom is -0.336 e. The molecule has 5 rings (SSSR count). The Hall–Kier alpha value is -3.55. The molecule has 0 bridgehead atoms. The highest BCUT2D eigenvalue weighted by atomic mass is 19.1. The highest BCUT2D eigenvalue weighted by Gasteiger charge is 2.26. The number of likely N-dealkylation sites (tertiary alicyclic amines) is 1. The van der Waals surface area contributed by atoms with Crippen molar-refractivity contribution in [2.45, 2.75) is 33.2 Å². The van der Waals surface area contributed by atoms with E-state index < -0.39 is 0 Å². The molecule has 0 aliphatic carbocycles. The summed E-state index contributed by atoms with van der Waals surface area (Å²) in [6, 6.07) is 11.9. The van der Waals surface area contributed by atoms with Crippen molar-refractivity contribution >= 4 is 22.6 Å². The van der Waals surface area contributed by atoms with Crippen LogP contribution in [0, 0.1) is 18.7 Å². The number of aromatic nitrogens is 4. The van der Waals surface area contributed by atoms with Gasteiger partial charge in [-0.25, -0.2) is 8.91 Å². The summed E-state index contributed by atoms with van der Waals surface area (Å²) in [6.07, 6.45) is 1.89. The van der Waals surface area contributed by atoms with Gasteiger partial charge < -0.3 is 4.90 Å². The Morgan fingerprint density at radius 3 is 2.66 bits per heavy atom. The van der Waals surface area contributed by atoms with E-state index in [4.69, 9.17) is 0 Å². The first-order chi connectivity index (χ1) is 15.4. The highest BCUT2D eigenvalue weighted by Crippen LogP contribution is 2.20. The predicted octanol–water partition coefficient (Wildman–Crippen LogP) is 3.41. The molecule has 0 N–H and O–H groups in total. The number of benzene rings is 2. The lowest BCUT2D eigenvalue weighted by Crippen LogP contribution is -2.38. The van der Waals surface area contributed by atoms with Crippen LogP contribution in [0.25, 0.3) is 16.7 Å². The monoisotopic (exact) mass is 433 g/mol. The number of amides is 1. The first-order valence-electron chi connectivity index (χ1n) is 10.8. The topological polar surface area (TPSA) is 72.5 Å². The summed E-state index contributed by atoms with van der Waals surface area (Å²) < 4.78 is 16.8. The SMILES string of the molecule is Cc1ccc2c(c1)n(Cc1cccc(F)c1)c(=O)c1nc(C(=O)N3CCC(C)CC3)nn12. The van der Waals surface area contributed by atoms with Crippen LogP contribution in [-0.2, 0) is 6.54 Å². The normalized spacial score (nSPS) is 15.0. The van der Waals surface area contributed by atoms with E-state index in [-0.39, 0.29) is 35.3 Å². The zero-order valence-corrected chi connectivity index (χ0v) is 18.1. The lowest BCUT2D eigenvalue weighted by molar-refractivity contribution is 0.0685. The molecule has 2 aromatic heterocycles. The average molecular weight is 433 g/mol. The highest BCUT2D eigenvalue weighted by molar-refractivity contribution is 5.91. The van der Waals surface area contributed by atoms with E-state index in [0.29, 0.717) is 35.6 Å². The van der Waals surface area contributed by atoms with Gasteiger partial charge >= 0.3 is 0 Å². The Morgan fingerprint density at radius 2 is 1.91 bits per heavy atom. The van der Waals surface area contributed by atoms with E-state index >= 15 is 0 Å². The van der Waals surface area contributed by atoms with E-state index in [1.807, 2.05) is 25.1 Å². The van der Waals surface area contributed by atoms with Crippen LogP contribution >= 0.6 is 0 Å². The average Bonchev–Trinajstić information content (AvgIpc) is 3.22. The van der Waals surface area contributed by atoms with Crippen LogP contribution in [0.5, 0.6) is 0 Å². The quantitative estimate of drug-likeness (QED) is 0.496. The van der Waals surface area contributed by atoms with E-state index in [1.165, 1.54) is 16.6 Å². The number of aryl methyl sites for hydroxylation is 1. The molecule has 0 atom stereocenters. The van der Waals surface area contributed by atoms with Gasteiger partial charge in [-0.3, -0.25) is 14.2 Å². The fraction of sp³-hybridized carbons (Fsp3) is 0.333. The van der Waals surface area contributed by atoms with Crippen molar-refractivity contribution in [3.63, 3.8) is 0 Å². The van der Waals surface area contributed by atoms with E-state index in [1.54, 1.807) is 21.6 Å². The summed E-state index contributed by atoms with van der Waals surface area (Å²) in [5, 5.41) is 4.43. The molecule has 3 heterocycles. The maximum atomic E-state index is 13.7. The second kappa shape index (κ2) is 7.85. The Balaban J connectivity index is 1.65. The molecule has 2 aromatic carbocycles. The number of carbonyl (C=O) groups is 1. The molecule has 1 aliphatic rings. The summed E-state index contributed by atoms with van der Waals surface area (Å²) in [6.45, 7) is 5.64. The molecule has 1 fully saturated rings. The third-order valence-electron chi connectivity index (χ3n) is 6.19. The van der Waals surface area contributed by atoms with Crippen molar-refractivity contribution < 1.29 is 9.18 Å². The Labute approximate surface area is 184 Å². The maximum absolute atomic E-state index is 13.7. The fourth-order valence-corrected chi connectivity index (χ4v) is 4.30. The van der Waals surface area contributed by atoms with Gasteiger partial charge in [-0.05, 0) is 61.1 Å². The molecule has 4 aromatic rings. The number of hydrogen-bond acceptors (Lipinski definition) is 4. The van der Waals surface area contributed by atoms with Crippen molar-refractivity contribution in [3.8, 4) is 0 Å². The molecule has 1 aliphatic heterocycles. The van der Waals surface area contributed by atoms with E-state index in [9.17, 15) is 14.0 Å². The van der Waals surface area contributed by atoms with Crippen LogP contribution in [0.1, 0.15) is 41.5 Å². The minimum atomic E-state index is -0.369. The molecule has 1 saturated heterocycles. The molecule has 8 heteroatoms. The van der Waals surface area contributed by atoms with Crippen molar-refractivity contribution in [1.29, 1.82) is 0 Å². The Kier molecular flexibility index (Phi) is 5.00. The number of halogens is 1. The fourth-order valence-electron chi connectivity index (χ4n) is 4.30. The zero-order valence-electron chi connectivity index (χ0n) is 18.1. The lowest BCUT2D eigenvalue weighted by Gasteiger charge is -2.29. The molecule has 32 heavy (non-hydrogen) atoms. The van der Waals surface area contributed by atoms with Gasteiger partial charge in [0.2, 0.25) is 11.5 Å². The van der Waals surface area contributed by atoms with Crippen LogP contribution in [0.3, 0.4) is 0 Å². The third-order valence-corrected chi connectivity index (χ3v) is 6.19. The van der Waals surface area contributed by atoms with Crippen LogP contribution in [0.4, 0.5) is 4.39 Å². The van der Waals surface area contributed by atoms with Crippen LogP contribution < -0.4 is 5.56 Å². The number of piperidine rings is 1. The maximum Gasteiger partial charge on any atom is 0.296 e. The number of rotatable bonds is 3. The molecule has 1 amide bonds. The first kappa shape index (κ1) is 20.4. The van der Waals surface area contributed by atoms with Crippen LogP contribution in [0.2, 0.25) is 0 Å². The molecule has 7 nitrogen and oxygen atoms in total. The number of carbonyl (C=O) groups excluding carboxylic acids is 1. The van der Waals surface area contributed by atoms with Crippen molar-refractivity contribution in [1.82, 2.24) is 24.1 Å². The summed E-state index contributed by atoms with van der Waals surface area (Å²) in [5.74, 6) is 0.0117. The van der Waals surface area contributed by atoms with Gasteiger partial charge in [0.25, 0.3) is 11.5 Å². The van der Waals surface area contributed by atoms with E-state index in [0.717, 1.165) is 18.4 Å². The first-order valence-corrected chi connectivity index (χ1v) is 10.8. The largest absolute Gasteiger partial charge is 0.336 e. The second-order valence-corrected chi connectivity index (χ2v) is 8.66. The van der Waals surface area contributed by atoms with Crippen molar-refractivity contribution in [2.24, 2.45) is 5.92 Å². The van der Waals surface area contributed by atoms with Gasteiger partial charge in [0.15, 0.2) is 0 Å². The Morgan fingerprint density at radius 1 is 1.12 bits per heavy atom. The van der Waals surface area contributed by atoms with Crippen molar-refractivity contribution in [2.75, 3.05) is 13.1 Å². The predicted molar refractivity (Wildman–Crippen MR) is 119 cm³/mol. The summed E-state index contributed by atoms with van der Waals surface area (Å²) in [7, 11) is 0. The smallest absolute Gasteiger partial charge is 0.296 e. The number of hydrogen-bond donors (Lipinski definition) is 0. The number of nitrogens with zero attached hydrogens (tertiary/aromatic N) is 5. The van der Waals surface area contributed by atoms with Gasteiger partial charge in [0.1, 0.15) is 5.82 Å². The van der Waals surface area contributed by atoms with Crippen LogP contribution in [0.15, 0.2) is 47.3 Å². The van der Waals surface area contributed by atoms with Gasteiger partial charge in [0.05, 0.1) is 17.6 Å². The summed E-state index contributed by atoms with van der Waals surface area (Å²) in [4.78, 5) is 32.6. The molecular weight excluding hydrogens is 409 g/mol. The van der Waals surface area contributed by atoms with Gasteiger partial charge in [-0.1, -0.05) is 25.1 Å². The molecule has 0 unspecified atom stereocenters. The molecular formula is C24H24FN5O2. The van der Waals surface area contributed by atoms with Gasteiger partial charge in [-0.15, -0.1) is 5.10 Å². The van der Waals surface area contributed by atoms with Gasteiger partial charge in [-0.2, -0.15) is 4.98 Å². The van der Waals surface area contributed by atoms with Gasteiger partial charge in [0, 0.05) is 13.1 Å². The Bertz CT molecular complexity index is 1400. The third kappa shape index (κ3) is 3.55. The standard InChI is InChI=1S/C24H24FN5O2/c1-15-8-10-28(11-9-15)23(31)21-26-22-24(32)29(14-17-4-3-5-18(25)13-17)20-12-16(2)6-7-19(20)30(22)27-21/h3-7,12-13,15H,8-11,14H2,1-2H3. The summed E-state index contributed by atoms with van der Waals surface area (Å²) in [5.41, 5.74) is 2.68. The second-order valence-electron chi connectivity index (χ2n) is 8.66. The van der Waals surface area contributed by atoms with Crippen molar-refractivity contribution in [3.05, 3.63) is 75.6 Å². The summed E-state index contributed by atoms with van der Waals surface area (Å²) >= 11 is 0. The number of fused-ring (bicyclic) bond motifs is 3. The molecule has 0 saturated carbocycles. The molecule has 0 spiro atoms. The minimum absolute atomic E-state index is 0.0297.